The Labute approximate surface area is 220 Å². The molecule has 0 unspecified atom stereocenters. The van der Waals surface area contributed by atoms with E-state index in [0.29, 0.717) is 36.3 Å². The SMILES string of the molecule is COCOc1cc(-n2cccn2)ccc1-c1ccc(O[C@H]2C[C@@H]3CC[C@H]([C@H]2F)N3C(=O)OC(C)(C)C)nn1. The van der Waals surface area contributed by atoms with E-state index in [9.17, 15) is 4.79 Å². The van der Waals surface area contributed by atoms with Gasteiger partial charge in [-0.1, -0.05) is 0 Å². The van der Waals surface area contributed by atoms with E-state index in [0.717, 1.165) is 5.69 Å². The highest BCUT2D eigenvalue weighted by atomic mass is 19.1. The lowest BCUT2D eigenvalue weighted by Gasteiger charge is -2.41. The first-order valence-electron chi connectivity index (χ1n) is 12.7. The lowest BCUT2D eigenvalue weighted by Crippen LogP contribution is -2.57. The standard InChI is InChI=1S/C27H32FN5O5/c1-27(2,3)38-26(34)33-18-7-10-21(33)25(28)23(15-18)37-24-11-9-20(30-31-24)19-8-6-17(32-13-5-12-29-32)14-22(19)36-16-35-4/h5-6,8-9,11-14,18,21,23,25H,7,10,15-16H2,1-4H3/t18-,21+,23-,25+/m0/s1. The molecular weight excluding hydrogens is 493 g/mol. The molecule has 11 heteroatoms. The monoisotopic (exact) mass is 525 g/mol. The maximum Gasteiger partial charge on any atom is 0.410 e. The average Bonchev–Trinajstić information content (AvgIpc) is 3.54. The largest absolute Gasteiger partial charge is 0.470 e. The van der Waals surface area contributed by atoms with Crippen LogP contribution >= 0.6 is 0 Å². The molecule has 0 aliphatic carbocycles. The number of fused-ring (bicyclic) bond motifs is 2. The molecule has 1 aromatic carbocycles. The average molecular weight is 526 g/mol. The molecule has 2 bridgehead atoms. The molecule has 3 aromatic rings. The lowest BCUT2D eigenvalue weighted by atomic mass is 9.98. The summed E-state index contributed by atoms with van der Waals surface area (Å²) in [6.45, 7) is 5.47. The second kappa shape index (κ2) is 10.6. The molecule has 0 saturated carbocycles. The number of amides is 1. The molecule has 5 rings (SSSR count). The van der Waals surface area contributed by atoms with Crippen LogP contribution in [0.4, 0.5) is 9.18 Å². The van der Waals surface area contributed by atoms with Crippen LogP contribution in [0, 0.1) is 0 Å². The zero-order valence-corrected chi connectivity index (χ0v) is 21.9. The van der Waals surface area contributed by atoms with Crippen molar-refractivity contribution in [2.45, 2.75) is 70.0 Å². The van der Waals surface area contributed by atoms with Crippen molar-refractivity contribution in [2.24, 2.45) is 0 Å². The fraction of sp³-hybridized carbons (Fsp3) is 0.481. The van der Waals surface area contributed by atoms with Gasteiger partial charge in [0.1, 0.15) is 17.5 Å². The number of hydrogen-bond donors (Lipinski definition) is 0. The van der Waals surface area contributed by atoms with Gasteiger partial charge in [0.2, 0.25) is 5.88 Å². The van der Waals surface area contributed by atoms with Crippen molar-refractivity contribution in [3.8, 4) is 28.6 Å². The Morgan fingerprint density at radius 2 is 2.00 bits per heavy atom. The first kappa shape index (κ1) is 25.9. The molecule has 1 amide bonds. The van der Waals surface area contributed by atoms with Gasteiger partial charge in [0.05, 0.1) is 17.4 Å². The van der Waals surface area contributed by atoms with Gasteiger partial charge in [-0.3, -0.25) is 4.90 Å². The summed E-state index contributed by atoms with van der Waals surface area (Å²) in [5.41, 5.74) is 1.45. The Kier molecular flexibility index (Phi) is 7.20. The van der Waals surface area contributed by atoms with Crippen LogP contribution in [0.2, 0.25) is 0 Å². The van der Waals surface area contributed by atoms with Crippen LogP contribution in [0.25, 0.3) is 16.9 Å². The third-order valence-corrected chi connectivity index (χ3v) is 6.63. The molecular formula is C27H32FN5O5. The van der Waals surface area contributed by atoms with E-state index in [4.69, 9.17) is 18.9 Å². The van der Waals surface area contributed by atoms with E-state index < -0.39 is 30.0 Å². The molecule has 2 aliphatic rings. The summed E-state index contributed by atoms with van der Waals surface area (Å²) in [5, 5.41) is 12.8. The van der Waals surface area contributed by atoms with Gasteiger partial charge in [-0.15, -0.1) is 10.2 Å². The van der Waals surface area contributed by atoms with Gasteiger partial charge in [0.25, 0.3) is 0 Å². The van der Waals surface area contributed by atoms with Crippen LogP contribution in [0.1, 0.15) is 40.0 Å². The molecule has 0 radical (unpaired) electrons. The highest BCUT2D eigenvalue weighted by molar-refractivity contribution is 5.70. The van der Waals surface area contributed by atoms with Gasteiger partial charge in [0.15, 0.2) is 13.0 Å². The lowest BCUT2D eigenvalue weighted by molar-refractivity contribution is -0.0412. The van der Waals surface area contributed by atoms with Crippen LogP contribution in [0.5, 0.6) is 11.6 Å². The van der Waals surface area contributed by atoms with Gasteiger partial charge >= 0.3 is 6.09 Å². The quantitative estimate of drug-likeness (QED) is 0.414. The molecule has 10 nitrogen and oxygen atoms in total. The summed E-state index contributed by atoms with van der Waals surface area (Å²) in [4.78, 5) is 14.2. The summed E-state index contributed by atoms with van der Waals surface area (Å²) in [7, 11) is 1.55. The summed E-state index contributed by atoms with van der Waals surface area (Å²) >= 11 is 0. The van der Waals surface area contributed by atoms with Crippen molar-refractivity contribution in [1.82, 2.24) is 24.9 Å². The number of rotatable bonds is 7. The van der Waals surface area contributed by atoms with Crippen LogP contribution in [0.15, 0.2) is 48.8 Å². The number of ether oxygens (including phenoxy) is 4. The van der Waals surface area contributed by atoms with Gasteiger partial charge in [-0.05, 0) is 57.9 Å². The van der Waals surface area contributed by atoms with Crippen molar-refractivity contribution < 1.29 is 28.1 Å². The Balaban J connectivity index is 1.29. The fourth-order valence-corrected chi connectivity index (χ4v) is 5.02. The maximum atomic E-state index is 15.5. The molecule has 2 saturated heterocycles. The van der Waals surface area contributed by atoms with Crippen molar-refractivity contribution in [3.63, 3.8) is 0 Å². The highest BCUT2D eigenvalue weighted by Gasteiger charge is 2.52. The number of halogens is 1. The zero-order valence-electron chi connectivity index (χ0n) is 21.9. The van der Waals surface area contributed by atoms with E-state index in [1.54, 1.807) is 55.8 Å². The van der Waals surface area contributed by atoms with E-state index >= 15 is 4.39 Å². The van der Waals surface area contributed by atoms with Crippen LogP contribution < -0.4 is 9.47 Å². The Bertz CT molecular complexity index is 1250. The van der Waals surface area contributed by atoms with E-state index in [1.807, 2.05) is 30.5 Å². The Morgan fingerprint density at radius 1 is 1.16 bits per heavy atom. The van der Waals surface area contributed by atoms with Crippen LogP contribution in [-0.4, -0.2) is 74.8 Å². The fourth-order valence-electron chi connectivity index (χ4n) is 5.02. The van der Waals surface area contributed by atoms with Gasteiger partial charge in [0, 0.05) is 49.7 Å². The van der Waals surface area contributed by atoms with Crippen molar-refractivity contribution in [1.29, 1.82) is 0 Å². The molecule has 0 N–H and O–H groups in total. The molecule has 2 aliphatic heterocycles. The molecule has 2 fully saturated rings. The zero-order chi connectivity index (χ0) is 26.9. The second-order valence-electron chi connectivity index (χ2n) is 10.5. The third kappa shape index (κ3) is 5.42. The number of alkyl halides is 1. The van der Waals surface area contributed by atoms with Crippen LogP contribution in [-0.2, 0) is 9.47 Å². The number of carbonyl (C=O) groups excluding carboxylic acids is 1. The third-order valence-electron chi connectivity index (χ3n) is 6.63. The number of carbonyl (C=O) groups is 1. The van der Waals surface area contributed by atoms with Crippen molar-refractivity contribution in [2.75, 3.05) is 13.9 Å². The second-order valence-corrected chi connectivity index (χ2v) is 10.5. The van der Waals surface area contributed by atoms with E-state index in [-0.39, 0.29) is 18.7 Å². The maximum absolute atomic E-state index is 15.5. The Morgan fingerprint density at radius 3 is 2.68 bits per heavy atom. The number of benzene rings is 1. The summed E-state index contributed by atoms with van der Waals surface area (Å²) < 4.78 is 39.5. The van der Waals surface area contributed by atoms with Gasteiger partial charge in [-0.25, -0.2) is 13.9 Å². The summed E-state index contributed by atoms with van der Waals surface area (Å²) in [6, 6.07) is 10.2. The minimum Gasteiger partial charge on any atom is -0.470 e. The molecule has 4 heterocycles. The number of piperidine rings is 1. The highest BCUT2D eigenvalue weighted by Crippen LogP contribution is 2.40. The minimum absolute atomic E-state index is 0.0619. The summed E-state index contributed by atoms with van der Waals surface area (Å²) in [5.74, 6) is 0.775. The topological polar surface area (TPSA) is 101 Å². The number of hydrogen-bond acceptors (Lipinski definition) is 8. The normalized spacial score (nSPS) is 22.8. The van der Waals surface area contributed by atoms with E-state index in [1.165, 1.54) is 0 Å². The van der Waals surface area contributed by atoms with Gasteiger partial charge in [-0.2, -0.15) is 5.10 Å². The number of nitrogens with zero attached hydrogens (tertiary/aromatic N) is 5. The Hall–Kier alpha value is -3.73. The first-order chi connectivity index (χ1) is 18.2. The minimum atomic E-state index is -1.35. The number of aromatic nitrogens is 4. The molecule has 4 atom stereocenters. The molecule has 2 aromatic heterocycles. The number of methoxy groups -OCH3 is 1. The first-order valence-corrected chi connectivity index (χ1v) is 12.7. The predicted octanol–water partition coefficient (Wildman–Crippen LogP) is 4.57. The predicted molar refractivity (Wildman–Crippen MR) is 136 cm³/mol. The molecule has 202 valence electrons. The van der Waals surface area contributed by atoms with Crippen molar-refractivity contribution >= 4 is 6.09 Å². The van der Waals surface area contributed by atoms with Crippen molar-refractivity contribution in [3.05, 3.63) is 48.8 Å². The van der Waals surface area contributed by atoms with Crippen LogP contribution in [0.3, 0.4) is 0 Å². The summed E-state index contributed by atoms with van der Waals surface area (Å²) in [6.07, 6.45) is 2.64. The van der Waals surface area contributed by atoms with Gasteiger partial charge < -0.3 is 18.9 Å². The smallest absolute Gasteiger partial charge is 0.410 e. The molecule has 0 spiro atoms. The molecule has 38 heavy (non-hydrogen) atoms. The van der Waals surface area contributed by atoms with E-state index in [2.05, 4.69) is 15.3 Å².